The third-order valence-electron chi connectivity index (χ3n) is 7.00. The van der Waals surface area contributed by atoms with E-state index in [1.54, 1.807) is 12.3 Å². The first-order valence-electron chi connectivity index (χ1n) is 13.4. The van der Waals surface area contributed by atoms with Gasteiger partial charge in [-0.1, -0.05) is 63.2 Å². The summed E-state index contributed by atoms with van der Waals surface area (Å²) in [6.07, 6.45) is -3.74. The Morgan fingerprint density at radius 1 is 1.15 bits per heavy atom. The molecule has 0 bridgehead atoms. The summed E-state index contributed by atoms with van der Waals surface area (Å²) >= 11 is 0. The molecule has 216 valence electrons. The van der Waals surface area contributed by atoms with Gasteiger partial charge in [-0.15, -0.1) is 0 Å². The fourth-order valence-electron chi connectivity index (χ4n) is 5.11. The molecule has 1 aromatic heterocycles. The van der Waals surface area contributed by atoms with Gasteiger partial charge in [0.2, 0.25) is 0 Å². The highest BCUT2D eigenvalue weighted by Crippen LogP contribution is 2.40. The Labute approximate surface area is 232 Å². The zero-order valence-corrected chi connectivity index (χ0v) is 23.0. The third-order valence-corrected chi connectivity index (χ3v) is 7.00. The molecule has 4 rings (SSSR count). The number of amides is 1. The zero-order chi connectivity index (χ0) is 29.1. The molecule has 2 N–H and O–H groups in total. The maximum Gasteiger partial charge on any atom is 0.416 e. The van der Waals surface area contributed by atoms with E-state index in [0.29, 0.717) is 31.1 Å². The number of hydrogen-bond donors (Lipinski definition) is 1. The standard InChI is InChI=1S/C30H36F4N4O2/c1-29(2,3)26(38(18-23(31)16-35)28(39)25-13-8-14-40-25)27-36-24(19-37(27)17-20-9-5-4-6-10-20)21-11-7-12-22(15-21)30(32,33)34/h4-7,9-12,15,19,23,25-26H,8,13-14,16-18,35H2,1-3H3/t23-,25+,26+/m1/s1. The van der Waals surface area contributed by atoms with Crippen molar-refractivity contribution < 1.29 is 27.1 Å². The van der Waals surface area contributed by atoms with Crippen molar-refractivity contribution in [1.29, 1.82) is 0 Å². The van der Waals surface area contributed by atoms with Gasteiger partial charge in [0.25, 0.3) is 5.91 Å². The molecule has 6 nitrogen and oxygen atoms in total. The number of nitrogens with zero attached hydrogens (tertiary/aromatic N) is 3. The normalized spacial score (nSPS) is 17.6. The fraction of sp³-hybridized carbons (Fsp3) is 0.467. The lowest BCUT2D eigenvalue weighted by atomic mass is 9.84. The highest BCUT2D eigenvalue weighted by molar-refractivity contribution is 5.81. The number of rotatable bonds is 9. The summed E-state index contributed by atoms with van der Waals surface area (Å²) in [5.74, 6) is 0.0998. The summed E-state index contributed by atoms with van der Waals surface area (Å²) in [5.41, 5.74) is 5.76. The molecule has 0 radical (unpaired) electrons. The molecule has 40 heavy (non-hydrogen) atoms. The molecule has 1 fully saturated rings. The number of benzene rings is 2. The third kappa shape index (κ3) is 6.90. The smallest absolute Gasteiger partial charge is 0.368 e. The van der Waals surface area contributed by atoms with Crippen molar-refractivity contribution in [2.24, 2.45) is 11.1 Å². The van der Waals surface area contributed by atoms with Gasteiger partial charge in [-0.3, -0.25) is 4.79 Å². The minimum atomic E-state index is -4.51. The van der Waals surface area contributed by atoms with Crippen LogP contribution in [0.5, 0.6) is 0 Å². The molecule has 1 aliphatic heterocycles. The second kappa shape index (κ2) is 12.1. The van der Waals surface area contributed by atoms with E-state index in [1.807, 2.05) is 55.7 Å². The number of aromatic nitrogens is 2. The molecule has 10 heteroatoms. The van der Waals surface area contributed by atoms with Crippen LogP contribution in [0.1, 0.15) is 56.6 Å². The van der Waals surface area contributed by atoms with E-state index in [4.69, 9.17) is 15.5 Å². The number of imidazole rings is 1. The van der Waals surface area contributed by atoms with Gasteiger partial charge in [-0.05, 0) is 36.0 Å². The van der Waals surface area contributed by atoms with E-state index in [1.165, 1.54) is 11.0 Å². The van der Waals surface area contributed by atoms with Crippen LogP contribution in [0.2, 0.25) is 0 Å². The van der Waals surface area contributed by atoms with Crippen molar-refractivity contribution >= 4 is 5.91 Å². The van der Waals surface area contributed by atoms with E-state index < -0.39 is 35.5 Å². The van der Waals surface area contributed by atoms with Crippen LogP contribution in [0.25, 0.3) is 11.3 Å². The average molecular weight is 561 g/mol. The highest BCUT2D eigenvalue weighted by atomic mass is 19.4. The summed E-state index contributed by atoms with van der Waals surface area (Å²) in [6.45, 7) is 6.06. The lowest BCUT2D eigenvalue weighted by molar-refractivity contribution is -0.147. The van der Waals surface area contributed by atoms with Crippen molar-refractivity contribution in [1.82, 2.24) is 14.5 Å². The molecule has 1 aliphatic rings. The van der Waals surface area contributed by atoms with Crippen LogP contribution in [0.4, 0.5) is 17.6 Å². The Bertz CT molecular complexity index is 1280. The summed E-state index contributed by atoms with van der Waals surface area (Å²) in [7, 11) is 0. The zero-order valence-electron chi connectivity index (χ0n) is 23.0. The number of carbonyl (C=O) groups is 1. The van der Waals surface area contributed by atoms with E-state index in [9.17, 15) is 22.4 Å². The largest absolute Gasteiger partial charge is 0.416 e. The molecular formula is C30H36F4N4O2. The second-order valence-corrected chi connectivity index (χ2v) is 11.3. The van der Waals surface area contributed by atoms with Crippen LogP contribution < -0.4 is 5.73 Å². The molecule has 1 saturated heterocycles. The van der Waals surface area contributed by atoms with Crippen LogP contribution >= 0.6 is 0 Å². The molecule has 2 aromatic carbocycles. The van der Waals surface area contributed by atoms with Gasteiger partial charge in [-0.2, -0.15) is 13.2 Å². The number of carbonyl (C=O) groups excluding carboxylic acids is 1. The molecule has 3 atom stereocenters. The summed E-state index contributed by atoms with van der Waals surface area (Å²) in [5, 5.41) is 0. The predicted molar refractivity (Wildman–Crippen MR) is 145 cm³/mol. The molecule has 0 spiro atoms. The Morgan fingerprint density at radius 3 is 2.48 bits per heavy atom. The minimum Gasteiger partial charge on any atom is -0.368 e. The van der Waals surface area contributed by atoms with E-state index in [-0.39, 0.29) is 24.6 Å². The molecule has 0 aliphatic carbocycles. The topological polar surface area (TPSA) is 73.4 Å². The van der Waals surface area contributed by atoms with E-state index in [0.717, 1.165) is 24.1 Å². The van der Waals surface area contributed by atoms with Crippen LogP contribution in [0.3, 0.4) is 0 Å². The first-order valence-corrected chi connectivity index (χ1v) is 13.4. The lowest BCUT2D eigenvalue weighted by Gasteiger charge is -2.41. The van der Waals surface area contributed by atoms with Crippen LogP contribution in [0.15, 0.2) is 60.8 Å². The predicted octanol–water partition coefficient (Wildman–Crippen LogP) is 6.01. The SMILES string of the molecule is CC(C)(C)[C@H](c1nc(-c2cccc(C(F)(F)F)c2)cn1Cc1ccccc1)N(C[C@H](F)CN)C(=O)[C@@H]1CCCO1. The number of nitrogens with two attached hydrogens (primary N) is 1. The quantitative estimate of drug-likeness (QED) is 0.326. The minimum absolute atomic E-state index is 0.256. The first-order chi connectivity index (χ1) is 18.9. The first kappa shape index (κ1) is 29.7. The second-order valence-electron chi connectivity index (χ2n) is 11.3. The molecular weight excluding hydrogens is 524 g/mol. The van der Waals surface area contributed by atoms with Gasteiger partial charge in [0.05, 0.1) is 23.8 Å². The Kier molecular flexibility index (Phi) is 8.99. The number of hydrogen-bond acceptors (Lipinski definition) is 4. The van der Waals surface area contributed by atoms with Gasteiger partial charge in [0.15, 0.2) is 0 Å². The fourth-order valence-corrected chi connectivity index (χ4v) is 5.11. The van der Waals surface area contributed by atoms with Crippen LogP contribution in [0, 0.1) is 5.41 Å². The number of alkyl halides is 4. The van der Waals surface area contributed by atoms with Crippen molar-refractivity contribution in [3.8, 4) is 11.3 Å². The van der Waals surface area contributed by atoms with Crippen molar-refractivity contribution in [3.63, 3.8) is 0 Å². The van der Waals surface area contributed by atoms with Crippen LogP contribution in [-0.2, 0) is 22.3 Å². The van der Waals surface area contributed by atoms with Crippen molar-refractivity contribution in [3.05, 3.63) is 77.7 Å². The summed E-state index contributed by atoms with van der Waals surface area (Å²) < 4.78 is 62.9. The lowest BCUT2D eigenvalue weighted by Crippen LogP contribution is -2.49. The Morgan fingerprint density at radius 2 is 1.88 bits per heavy atom. The van der Waals surface area contributed by atoms with Gasteiger partial charge >= 0.3 is 6.18 Å². The van der Waals surface area contributed by atoms with Crippen molar-refractivity contribution in [2.45, 2.75) is 64.7 Å². The van der Waals surface area contributed by atoms with E-state index >= 15 is 0 Å². The molecule has 0 unspecified atom stereocenters. The van der Waals surface area contributed by atoms with E-state index in [2.05, 4.69) is 0 Å². The Hall–Kier alpha value is -3.24. The maximum absolute atomic E-state index is 14.9. The van der Waals surface area contributed by atoms with Gasteiger partial charge in [-0.25, -0.2) is 9.37 Å². The van der Waals surface area contributed by atoms with Gasteiger partial charge < -0.3 is 19.9 Å². The number of ether oxygens (including phenoxy) is 1. The summed E-state index contributed by atoms with van der Waals surface area (Å²) in [4.78, 5) is 20.1. The van der Waals surface area contributed by atoms with Crippen molar-refractivity contribution in [2.75, 3.05) is 19.7 Å². The average Bonchev–Trinajstić information content (AvgIpc) is 3.58. The molecule has 0 saturated carbocycles. The Balaban J connectivity index is 1.87. The summed E-state index contributed by atoms with van der Waals surface area (Å²) in [6, 6.07) is 13.8. The van der Waals surface area contributed by atoms with Crippen LogP contribution in [-0.4, -0.2) is 52.3 Å². The number of halogens is 4. The molecule has 3 aromatic rings. The molecule has 1 amide bonds. The maximum atomic E-state index is 14.9. The monoisotopic (exact) mass is 560 g/mol. The van der Waals surface area contributed by atoms with Gasteiger partial charge in [0.1, 0.15) is 18.1 Å². The van der Waals surface area contributed by atoms with Gasteiger partial charge in [0, 0.05) is 31.5 Å². The molecule has 2 heterocycles. The highest BCUT2D eigenvalue weighted by Gasteiger charge is 2.42.